The summed E-state index contributed by atoms with van der Waals surface area (Å²) in [4.78, 5) is 11.6. The summed E-state index contributed by atoms with van der Waals surface area (Å²) in [5.41, 5.74) is 5.82. The van der Waals surface area contributed by atoms with Crippen LogP contribution in [0.1, 0.15) is 19.8 Å². The third kappa shape index (κ3) is 4.46. The van der Waals surface area contributed by atoms with Gasteiger partial charge in [0.2, 0.25) is 15.9 Å². The fraction of sp³-hybridized carbons (Fsp3) is 0.364. The van der Waals surface area contributed by atoms with E-state index in [1.165, 1.54) is 18.2 Å². The van der Waals surface area contributed by atoms with Crippen LogP contribution in [0.15, 0.2) is 23.1 Å². The van der Waals surface area contributed by atoms with Gasteiger partial charge in [0.05, 0.1) is 21.6 Å². The molecule has 0 radical (unpaired) electrons. The standard InChI is InChI=1S/C11H16ClN3O3S/c1-2-3-9(13)11(16)15-10-6-7(19(14,17)18)4-5-8(10)12/h4-6,9H,2-3,13H2,1H3,(H,15,16)(H2,14,17,18)/t9-/m0/s1. The summed E-state index contributed by atoms with van der Waals surface area (Å²) in [5.74, 6) is -0.421. The smallest absolute Gasteiger partial charge is 0.241 e. The van der Waals surface area contributed by atoms with Crippen molar-refractivity contribution in [1.29, 1.82) is 0 Å². The molecule has 106 valence electrons. The molecule has 1 rings (SSSR count). The molecular formula is C11H16ClN3O3S. The number of nitrogens with two attached hydrogens (primary N) is 2. The van der Waals surface area contributed by atoms with E-state index in [0.717, 1.165) is 6.42 Å². The van der Waals surface area contributed by atoms with Gasteiger partial charge in [-0.05, 0) is 24.6 Å². The molecule has 0 saturated heterocycles. The first-order valence-corrected chi connectivity index (χ1v) is 7.57. The summed E-state index contributed by atoms with van der Waals surface area (Å²) in [5, 5.41) is 7.71. The largest absolute Gasteiger partial charge is 0.323 e. The molecule has 0 spiro atoms. The van der Waals surface area contributed by atoms with Gasteiger partial charge in [-0.2, -0.15) is 0 Å². The van der Waals surface area contributed by atoms with Gasteiger partial charge in [-0.1, -0.05) is 24.9 Å². The molecule has 1 aromatic carbocycles. The number of nitrogens with one attached hydrogen (secondary N) is 1. The number of hydrogen-bond donors (Lipinski definition) is 3. The van der Waals surface area contributed by atoms with E-state index in [-0.39, 0.29) is 15.6 Å². The summed E-state index contributed by atoms with van der Waals surface area (Å²) in [6.45, 7) is 1.90. The lowest BCUT2D eigenvalue weighted by Gasteiger charge is -2.13. The number of anilines is 1. The Balaban J connectivity index is 2.98. The number of rotatable bonds is 5. The molecule has 0 heterocycles. The Morgan fingerprint density at radius 2 is 2.11 bits per heavy atom. The molecule has 6 nitrogen and oxygen atoms in total. The highest BCUT2D eigenvalue weighted by atomic mass is 35.5. The van der Waals surface area contributed by atoms with E-state index in [0.29, 0.717) is 6.42 Å². The number of primary sulfonamides is 1. The first-order valence-electron chi connectivity index (χ1n) is 5.64. The third-order valence-electron chi connectivity index (χ3n) is 2.46. The zero-order valence-electron chi connectivity index (χ0n) is 10.4. The van der Waals surface area contributed by atoms with Crippen molar-refractivity contribution < 1.29 is 13.2 Å². The van der Waals surface area contributed by atoms with Crippen molar-refractivity contribution in [2.45, 2.75) is 30.7 Å². The van der Waals surface area contributed by atoms with E-state index >= 15 is 0 Å². The summed E-state index contributed by atoms with van der Waals surface area (Å²) in [6.07, 6.45) is 1.29. The van der Waals surface area contributed by atoms with E-state index in [9.17, 15) is 13.2 Å². The zero-order chi connectivity index (χ0) is 14.6. The van der Waals surface area contributed by atoms with Crippen LogP contribution >= 0.6 is 11.6 Å². The van der Waals surface area contributed by atoms with Gasteiger partial charge in [-0.3, -0.25) is 4.79 Å². The normalized spacial score (nSPS) is 13.1. The Morgan fingerprint density at radius 3 is 2.63 bits per heavy atom. The quantitative estimate of drug-likeness (QED) is 0.754. The molecule has 5 N–H and O–H groups in total. The zero-order valence-corrected chi connectivity index (χ0v) is 12.0. The molecule has 0 aromatic heterocycles. The first kappa shape index (κ1) is 15.9. The average Bonchev–Trinajstić information content (AvgIpc) is 2.30. The SMILES string of the molecule is CCC[C@H](N)C(=O)Nc1cc(S(N)(=O)=O)ccc1Cl. The van der Waals surface area contributed by atoms with Crippen molar-refractivity contribution in [2.75, 3.05) is 5.32 Å². The van der Waals surface area contributed by atoms with E-state index in [2.05, 4.69) is 5.32 Å². The van der Waals surface area contributed by atoms with E-state index in [1.807, 2.05) is 6.92 Å². The Morgan fingerprint density at radius 1 is 1.47 bits per heavy atom. The molecule has 1 amide bonds. The highest BCUT2D eigenvalue weighted by Crippen LogP contribution is 2.24. The number of hydrogen-bond acceptors (Lipinski definition) is 4. The minimum absolute atomic E-state index is 0.128. The second-order valence-corrected chi connectivity index (χ2v) is 6.04. The number of sulfonamides is 1. The lowest BCUT2D eigenvalue weighted by atomic mass is 10.1. The number of benzene rings is 1. The van der Waals surface area contributed by atoms with Gasteiger partial charge in [-0.15, -0.1) is 0 Å². The summed E-state index contributed by atoms with van der Waals surface area (Å²) >= 11 is 5.88. The van der Waals surface area contributed by atoms with Crippen LogP contribution < -0.4 is 16.2 Å². The number of carbonyl (C=O) groups excluding carboxylic acids is 1. The van der Waals surface area contributed by atoms with Gasteiger partial charge < -0.3 is 11.1 Å². The fourth-order valence-corrected chi connectivity index (χ4v) is 2.15. The molecule has 0 fully saturated rings. The predicted octanol–water partition coefficient (Wildman–Crippen LogP) is 1.05. The molecule has 0 aliphatic rings. The van der Waals surface area contributed by atoms with Crippen LogP contribution in [-0.4, -0.2) is 20.4 Å². The fourth-order valence-electron chi connectivity index (χ4n) is 1.44. The molecule has 8 heteroatoms. The van der Waals surface area contributed by atoms with Crippen LogP contribution in [0.25, 0.3) is 0 Å². The number of amides is 1. The Labute approximate surface area is 117 Å². The highest BCUT2D eigenvalue weighted by molar-refractivity contribution is 7.89. The molecule has 0 aliphatic carbocycles. The lowest BCUT2D eigenvalue weighted by Crippen LogP contribution is -2.35. The van der Waals surface area contributed by atoms with Gasteiger partial charge in [0.25, 0.3) is 0 Å². The van der Waals surface area contributed by atoms with Crippen molar-refractivity contribution in [2.24, 2.45) is 10.9 Å². The van der Waals surface area contributed by atoms with Crippen molar-refractivity contribution in [3.63, 3.8) is 0 Å². The maximum Gasteiger partial charge on any atom is 0.241 e. The Bertz CT molecular complexity index is 575. The molecule has 0 saturated carbocycles. The molecule has 0 bridgehead atoms. The van der Waals surface area contributed by atoms with E-state index < -0.39 is 22.0 Å². The van der Waals surface area contributed by atoms with Crippen LogP contribution in [0.5, 0.6) is 0 Å². The first-order chi connectivity index (χ1) is 8.75. The Kier molecular flexibility index (Phi) is 5.30. The van der Waals surface area contributed by atoms with Gasteiger partial charge in [-0.25, -0.2) is 13.6 Å². The van der Waals surface area contributed by atoms with E-state index in [4.69, 9.17) is 22.5 Å². The maximum atomic E-state index is 11.7. The second-order valence-electron chi connectivity index (χ2n) is 4.07. The monoisotopic (exact) mass is 305 g/mol. The van der Waals surface area contributed by atoms with Crippen molar-refractivity contribution in [3.8, 4) is 0 Å². The third-order valence-corrected chi connectivity index (χ3v) is 3.70. The van der Waals surface area contributed by atoms with Gasteiger partial charge in [0.15, 0.2) is 0 Å². The minimum Gasteiger partial charge on any atom is -0.323 e. The highest BCUT2D eigenvalue weighted by Gasteiger charge is 2.16. The summed E-state index contributed by atoms with van der Waals surface area (Å²) < 4.78 is 22.4. The van der Waals surface area contributed by atoms with E-state index in [1.54, 1.807) is 0 Å². The molecule has 1 atom stereocenters. The van der Waals surface area contributed by atoms with Crippen molar-refractivity contribution in [3.05, 3.63) is 23.2 Å². The molecule has 0 aliphatic heterocycles. The van der Waals surface area contributed by atoms with Crippen molar-refractivity contribution >= 4 is 33.2 Å². The Hall–Kier alpha value is -1.15. The molecule has 0 unspecified atom stereocenters. The average molecular weight is 306 g/mol. The summed E-state index contributed by atoms with van der Waals surface area (Å²) in [7, 11) is -3.85. The van der Waals surface area contributed by atoms with Gasteiger partial charge in [0.1, 0.15) is 0 Å². The summed E-state index contributed by atoms with van der Waals surface area (Å²) in [6, 6.07) is 3.15. The van der Waals surface area contributed by atoms with Crippen LogP contribution in [0.4, 0.5) is 5.69 Å². The molecule has 19 heavy (non-hydrogen) atoms. The second kappa shape index (κ2) is 6.33. The van der Waals surface area contributed by atoms with Crippen LogP contribution in [0.3, 0.4) is 0 Å². The lowest BCUT2D eigenvalue weighted by molar-refractivity contribution is -0.117. The van der Waals surface area contributed by atoms with Crippen LogP contribution in [0.2, 0.25) is 5.02 Å². The molecule has 1 aromatic rings. The predicted molar refractivity (Wildman–Crippen MR) is 74.3 cm³/mol. The maximum absolute atomic E-state index is 11.7. The molecular weight excluding hydrogens is 290 g/mol. The van der Waals surface area contributed by atoms with Crippen LogP contribution in [0, 0.1) is 0 Å². The van der Waals surface area contributed by atoms with Gasteiger partial charge in [0, 0.05) is 0 Å². The van der Waals surface area contributed by atoms with Crippen LogP contribution in [-0.2, 0) is 14.8 Å². The minimum atomic E-state index is -3.85. The topological polar surface area (TPSA) is 115 Å². The van der Waals surface area contributed by atoms with Gasteiger partial charge >= 0.3 is 0 Å². The number of halogens is 1. The van der Waals surface area contributed by atoms with Crippen molar-refractivity contribution in [1.82, 2.24) is 0 Å². The number of carbonyl (C=O) groups is 1.